The third-order valence-corrected chi connectivity index (χ3v) is 2.51. The van der Waals surface area contributed by atoms with Crippen LogP contribution in [-0.4, -0.2) is 25.0 Å². The van der Waals surface area contributed by atoms with Crippen LogP contribution in [0.5, 0.6) is 0 Å². The van der Waals surface area contributed by atoms with Crippen molar-refractivity contribution in [3.05, 3.63) is 36.5 Å². The van der Waals surface area contributed by atoms with Crippen LogP contribution in [0.15, 0.2) is 41.4 Å². The molecule has 4 heteroatoms. The van der Waals surface area contributed by atoms with Crippen molar-refractivity contribution in [1.82, 2.24) is 10.6 Å². The quantitative estimate of drug-likeness (QED) is 0.750. The number of allylic oxidation sites excluding steroid dienone is 2. The second kappa shape index (κ2) is 8.28. The summed E-state index contributed by atoms with van der Waals surface area (Å²) >= 11 is 0. The maximum Gasteiger partial charge on any atom is 0.343 e. The highest BCUT2D eigenvalue weighted by molar-refractivity contribution is 6.05. The molecule has 1 aliphatic rings. The van der Waals surface area contributed by atoms with Gasteiger partial charge in [0.2, 0.25) is 0 Å². The van der Waals surface area contributed by atoms with Crippen molar-refractivity contribution in [2.75, 3.05) is 13.1 Å². The van der Waals surface area contributed by atoms with Gasteiger partial charge in [-0.15, -0.1) is 0 Å². The highest BCUT2D eigenvalue weighted by Gasteiger charge is 2.05. The molecule has 0 spiro atoms. The van der Waals surface area contributed by atoms with Crippen molar-refractivity contribution in [2.45, 2.75) is 26.2 Å². The van der Waals surface area contributed by atoms with Gasteiger partial charge < -0.3 is 10.6 Å². The zero-order valence-electron chi connectivity index (χ0n) is 10.9. The molecular formula is C14H21N3O. The molecule has 0 radical (unpaired) electrons. The van der Waals surface area contributed by atoms with Crippen LogP contribution >= 0.6 is 0 Å². The van der Waals surface area contributed by atoms with Gasteiger partial charge >= 0.3 is 6.03 Å². The average molecular weight is 247 g/mol. The van der Waals surface area contributed by atoms with Crippen molar-refractivity contribution in [3.63, 3.8) is 0 Å². The van der Waals surface area contributed by atoms with E-state index in [9.17, 15) is 4.79 Å². The molecule has 0 saturated heterocycles. The minimum absolute atomic E-state index is 0.339. The lowest BCUT2D eigenvalue weighted by Crippen LogP contribution is -2.30. The fraction of sp³-hybridized carbons (Fsp3) is 0.429. The van der Waals surface area contributed by atoms with Crippen LogP contribution in [0.25, 0.3) is 0 Å². The minimum atomic E-state index is -0.339. The number of nitrogens with zero attached hydrogens (tertiary/aromatic N) is 1. The molecule has 4 nitrogen and oxygen atoms in total. The van der Waals surface area contributed by atoms with Crippen LogP contribution in [0.2, 0.25) is 0 Å². The molecule has 18 heavy (non-hydrogen) atoms. The van der Waals surface area contributed by atoms with E-state index < -0.39 is 0 Å². The molecule has 0 aromatic carbocycles. The second-order valence-electron chi connectivity index (χ2n) is 4.09. The molecule has 1 heterocycles. The Bertz CT molecular complexity index is 381. The van der Waals surface area contributed by atoms with Crippen molar-refractivity contribution in [3.8, 4) is 0 Å². The van der Waals surface area contributed by atoms with Gasteiger partial charge in [-0.2, -0.15) is 4.99 Å². The predicted molar refractivity (Wildman–Crippen MR) is 75.8 cm³/mol. The zero-order chi connectivity index (χ0) is 13.2. The van der Waals surface area contributed by atoms with E-state index in [-0.39, 0.29) is 6.03 Å². The Kier molecular flexibility index (Phi) is 6.54. The van der Waals surface area contributed by atoms with Crippen LogP contribution in [-0.2, 0) is 0 Å². The highest BCUT2D eigenvalue weighted by atomic mass is 16.2. The third kappa shape index (κ3) is 5.48. The van der Waals surface area contributed by atoms with Crippen LogP contribution < -0.4 is 10.6 Å². The first-order chi connectivity index (χ1) is 8.74. The number of unbranched alkanes of at least 4 members (excludes halogenated alkanes) is 2. The Labute approximate surface area is 109 Å². The fourth-order valence-electron chi connectivity index (χ4n) is 1.49. The van der Waals surface area contributed by atoms with E-state index in [0.29, 0.717) is 18.0 Å². The average Bonchev–Trinajstić information content (AvgIpc) is 2.36. The molecule has 0 aliphatic carbocycles. The first-order valence-electron chi connectivity index (χ1n) is 6.37. The van der Waals surface area contributed by atoms with Crippen molar-refractivity contribution >= 4 is 11.9 Å². The van der Waals surface area contributed by atoms with Gasteiger partial charge in [-0.3, -0.25) is 0 Å². The van der Waals surface area contributed by atoms with Gasteiger partial charge in [-0.05, 0) is 6.42 Å². The maximum atomic E-state index is 11.5. The molecule has 2 amide bonds. The Morgan fingerprint density at radius 3 is 3.06 bits per heavy atom. The standard InChI is InChI=1S/C14H21N3O/c1-3-4-7-10-15-13-12(2)9-6-5-8-11-16-14(18)17-13/h5-6,8-9H,2-4,7,10-11H2,1H3,(H2,15,16,17,18)/b8-5-,9-6-. The first kappa shape index (κ1) is 14.2. The van der Waals surface area contributed by atoms with Crippen LogP contribution in [0.3, 0.4) is 0 Å². The lowest BCUT2D eigenvalue weighted by Gasteiger charge is -2.10. The van der Waals surface area contributed by atoms with Gasteiger partial charge in [0.05, 0.1) is 0 Å². The number of rotatable bonds is 4. The van der Waals surface area contributed by atoms with Gasteiger partial charge in [0, 0.05) is 18.7 Å². The zero-order valence-corrected chi connectivity index (χ0v) is 10.9. The molecule has 0 atom stereocenters. The minimum Gasteiger partial charge on any atom is -0.369 e. The number of carbonyl (C=O) groups excluding carboxylic acids is 1. The number of nitrogens with one attached hydrogen (secondary N) is 2. The molecular weight excluding hydrogens is 226 g/mol. The summed E-state index contributed by atoms with van der Waals surface area (Å²) in [6.45, 7) is 7.36. The summed E-state index contributed by atoms with van der Waals surface area (Å²) in [6, 6.07) is -0.339. The molecule has 0 fully saturated rings. The Morgan fingerprint density at radius 1 is 1.44 bits per heavy atom. The highest BCUT2D eigenvalue weighted by Crippen LogP contribution is 1.99. The largest absolute Gasteiger partial charge is 0.369 e. The molecule has 1 aliphatic heterocycles. The number of hydrogen-bond donors (Lipinski definition) is 2. The summed E-state index contributed by atoms with van der Waals surface area (Å²) in [5.41, 5.74) is 0.716. The third-order valence-electron chi connectivity index (χ3n) is 2.51. The molecule has 2 N–H and O–H groups in total. The number of aliphatic imine (C=N–C) groups is 1. The van der Waals surface area contributed by atoms with Crippen LogP contribution in [0.4, 0.5) is 4.79 Å². The van der Waals surface area contributed by atoms with E-state index >= 15 is 0 Å². The van der Waals surface area contributed by atoms with E-state index in [1.165, 1.54) is 6.42 Å². The molecule has 0 unspecified atom stereocenters. The second-order valence-corrected chi connectivity index (χ2v) is 4.09. The molecule has 0 saturated carbocycles. The van der Waals surface area contributed by atoms with Gasteiger partial charge in [0.1, 0.15) is 5.84 Å². The van der Waals surface area contributed by atoms with E-state index in [2.05, 4.69) is 29.1 Å². The van der Waals surface area contributed by atoms with Crippen molar-refractivity contribution in [1.29, 1.82) is 0 Å². The number of urea groups is 1. The molecule has 1 rings (SSSR count). The van der Waals surface area contributed by atoms with Gasteiger partial charge in [0.15, 0.2) is 0 Å². The maximum absolute atomic E-state index is 11.5. The first-order valence-corrected chi connectivity index (χ1v) is 6.37. The molecule has 98 valence electrons. The van der Waals surface area contributed by atoms with E-state index in [0.717, 1.165) is 19.4 Å². The van der Waals surface area contributed by atoms with Crippen molar-refractivity contribution < 1.29 is 4.79 Å². The number of carbonyl (C=O) groups is 1. The monoisotopic (exact) mass is 247 g/mol. The van der Waals surface area contributed by atoms with Gasteiger partial charge in [0.25, 0.3) is 0 Å². The summed E-state index contributed by atoms with van der Waals surface area (Å²) < 4.78 is 0. The Balaban J connectivity index is 2.65. The van der Waals surface area contributed by atoms with Crippen LogP contribution in [0.1, 0.15) is 26.2 Å². The van der Waals surface area contributed by atoms with E-state index in [1.54, 1.807) is 0 Å². The fourth-order valence-corrected chi connectivity index (χ4v) is 1.49. The Morgan fingerprint density at radius 2 is 2.28 bits per heavy atom. The lowest BCUT2D eigenvalue weighted by molar-refractivity contribution is 0.250. The smallest absolute Gasteiger partial charge is 0.343 e. The topological polar surface area (TPSA) is 53.5 Å². The SMILES string of the molecule is C=C1/C=C\C=C/CNC(=O)/N=C\1NCCCCC. The van der Waals surface area contributed by atoms with Gasteiger partial charge in [-0.25, -0.2) is 4.79 Å². The van der Waals surface area contributed by atoms with Crippen molar-refractivity contribution in [2.24, 2.45) is 4.99 Å². The number of hydrogen-bond acceptors (Lipinski definition) is 2. The number of amides is 2. The molecule has 0 aromatic heterocycles. The van der Waals surface area contributed by atoms with Gasteiger partial charge in [-0.1, -0.05) is 50.6 Å². The lowest BCUT2D eigenvalue weighted by atomic mass is 10.2. The van der Waals surface area contributed by atoms with E-state index in [4.69, 9.17) is 0 Å². The normalized spacial score (nSPS) is 22.6. The Hall–Kier alpha value is -1.84. The summed E-state index contributed by atoms with van der Waals surface area (Å²) in [6.07, 6.45) is 10.9. The summed E-state index contributed by atoms with van der Waals surface area (Å²) in [4.78, 5) is 15.5. The van der Waals surface area contributed by atoms with E-state index in [1.807, 2.05) is 24.3 Å². The van der Waals surface area contributed by atoms with Crippen LogP contribution in [0, 0.1) is 0 Å². The summed E-state index contributed by atoms with van der Waals surface area (Å²) in [5.74, 6) is 0.551. The predicted octanol–water partition coefficient (Wildman–Crippen LogP) is 2.56. The molecule has 0 aromatic rings. The summed E-state index contributed by atoms with van der Waals surface area (Å²) in [5, 5.41) is 5.84. The molecule has 0 bridgehead atoms. The summed E-state index contributed by atoms with van der Waals surface area (Å²) in [7, 11) is 0. The number of amidine groups is 1.